The molecule has 1 aromatic heterocycles. The van der Waals surface area contributed by atoms with Gasteiger partial charge in [0.2, 0.25) is 0 Å². The van der Waals surface area contributed by atoms with Crippen molar-refractivity contribution in [2.45, 2.75) is 32.6 Å². The minimum Gasteiger partial charge on any atom is -0.372 e. The van der Waals surface area contributed by atoms with Gasteiger partial charge in [-0.15, -0.1) is 0 Å². The van der Waals surface area contributed by atoms with E-state index in [1.807, 2.05) is 13.1 Å². The molecular formula is C16H20IN3. The largest absolute Gasteiger partial charge is 0.372 e. The van der Waals surface area contributed by atoms with E-state index in [0.717, 1.165) is 33.7 Å². The fraction of sp³-hybridized carbons (Fsp3) is 0.375. The van der Waals surface area contributed by atoms with Crippen LogP contribution in [0.3, 0.4) is 0 Å². The second-order valence-corrected chi connectivity index (χ2v) is 6.16. The molecule has 0 saturated heterocycles. The van der Waals surface area contributed by atoms with Crippen molar-refractivity contribution in [1.82, 2.24) is 9.97 Å². The molecule has 20 heavy (non-hydrogen) atoms. The van der Waals surface area contributed by atoms with Crippen LogP contribution in [0.5, 0.6) is 0 Å². The third-order valence-corrected chi connectivity index (χ3v) is 4.25. The van der Waals surface area contributed by atoms with Gasteiger partial charge in [0.05, 0.1) is 9.26 Å². The smallest absolute Gasteiger partial charge is 0.143 e. The average Bonchev–Trinajstić information content (AvgIpc) is 2.47. The lowest BCUT2D eigenvalue weighted by molar-refractivity contribution is 0.765. The van der Waals surface area contributed by atoms with Crippen molar-refractivity contribution in [3.63, 3.8) is 0 Å². The number of halogens is 1. The van der Waals surface area contributed by atoms with Gasteiger partial charge in [0, 0.05) is 13.5 Å². The summed E-state index contributed by atoms with van der Waals surface area (Å²) in [5.74, 6) is 2.27. The number of aryl methyl sites for hydroxylation is 2. The predicted octanol–water partition coefficient (Wildman–Crippen LogP) is 4.03. The molecule has 0 spiro atoms. The van der Waals surface area contributed by atoms with Crippen LogP contribution >= 0.6 is 22.6 Å². The molecule has 2 aromatic rings. The summed E-state index contributed by atoms with van der Waals surface area (Å²) in [6, 6.07) is 10.5. The maximum absolute atomic E-state index is 4.74. The summed E-state index contributed by atoms with van der Waals surface area (Å²) in [4.78, 5) is 9.36. The van der Waals surface area contributed by atoms with Crippen molar-refractivity contribution in [1.29, 1.82) is 0 Å². The Morgan fingerprint density at radius 3 is 2.40 bits per heavy atom. The monoisotopic (exact) mass is 381 g/mol. The number of rotatable bonds is 5. The quantitative estimate of drug-likeness (QED) is 0.795. The highest BCUT2D eigenvalue weighted by molar-refractivity contribution is 14.1. The lowest BCUT2D eigenvalue weighted by atomic mass is 10.1. The van der Waals surface area contributed by atoms with Crippen LogP contribution in [-0.4, -0.2) is 17.0 Å². The van der Waals surface area contributed by atoms with Crippen molar-refractivity contribution in [2.75, 3.05) is 12.4 Å². The molecule has 1 N–H and O–H groups in total. The second-order valence-electron chi connectivity index (χ2n) is 5.08. The van der Waals surface area contributed by atoms with Crippen LogP contribution in [0.1, 0.15) is 36.8 Å². The maximum atomic E-state index is 4.74. The zero-order chi connectivity index (χ0) is 14.5. The number of hydrogen-bond acceptors (Lipinski definition) is 3. The molecule has 4 heteroatoms. The molecule has 0 atom stereocenters. The van der Waals surface area contributed by atoms with E-state index in [1.54, 1.807) is 0 Å². The first kappa shape index (κ1) is 15.2. The third kappa shape index (κ3) is 3.69. The summed E-state index contributed by atoms with van der Waals surface area (Å²) < 4.78 is 1.13. The Balaban J connectivity index is 2.21. The topological polar surface area (TPSA) is 37.8 Å². The lowest BCUT2D eigenvalue weighted by Crippen LogP contribution is -2.09. The molecule has 0 unspecified atom stereocenters. The predicted molar refractivity (Wildman–Crippen MR) is 92.2 cm³/mol. The zero-order valence-electron chi connectivity index (χ0n) is 12.2. The second kappa shape index (κ2) is 7.02. The number of hydrogen-bond donors (Lipinski definition) is 1. The van der Waals surface area contributed by atoms with Gasteiger partial charge in [0.25, 0.3) is 0 Å². The molecule has 0 bridgehead atoms. The van der Waals surface area contributed by atoms with E-state index in [2.05, 4.69) is 71.0 Å². The normalized spacial score (nSPS) is 10.8. The molecule has 0 aliphatic carbocycles. The Bertz CT molecular complexity index is 567. The molecule has 0 amide bonds. The van der Waals surface area contributed by atoms with Crippen molar-refractivity contribution < 1.29 is 0 Å². The summed E-state index contributed by atoms with van der Waals surface area (Å²) >= 11 is 2.33. The first-order valence-corrected chi connectivity index (χ1v) is 7.97. The highest BCUT2D eigenvalue weighted by Gasteiger charge is 2.14. The average molecular weight is 381 g/mol. The molecule has 3 nitrogen and oxygen atoms in total. The molecule has 0 aliphatic heterocycles. The molecule has 1 aromatic carbocycles. The maximum Gasteiger partial charge on any atom is 0.143 e. The first-order chi connectivity index (χ1) is 9.61. The van der Waals surface area contributed by atoms with Gasteiger partial charge in [-0.25, -0.2) is 9.97 Å². The SMILES string of the molecule is CNc1nc(CCc2ccccc2)nc(C(C)C)c1I. The Morgan fingerprint density at radius 1 is 1.10 bits per heavy atom. The van der Waals surface area contributed by atoms with E-state index in [-0.39, 0.29) is 0 Å². The lowest BCUT2D eigenvalue weighted by Gasteiger charge is -2.13. The van der Waals surface area contributed by atoms with E-state index < -0.39 is 0 Å². The van der Waals surface area contributed by atoms with Gasteiger partial charge in [-0.1, -0.05) is 44.2 Å². The van der Waals surface area contributed by atoms with E-state index in [0.29, 0.717) is 5.92 Å². The van der Waals surface area contributed by atoms with E-state index in [1.165, 1.54) is 5.56 Å². The molecule has 106 valence electrons. The number of nitrogens with zero attached hydrogens (tertiary/aromatic N) is 2. The van der Waals surface area contributed by atoms with Crippen LogP contribution in [0.2, 0.25) is 0 Å². The Morgan fingerprint density at radius 2 is 1.80 bits per heavy atom. The van der Waals surface area contributed by atoms with Gasteiger partial charge < -0.3 is 5.32 Å². The van der Waals surface area contributed by atoms with Crippen LogP contribution in [0.15, 0.2) is 30.3 Å². The van der Waals surface area contributed by atoms with Gasteiger partial charge in [0.1, 0.15) is 11.6 Å². The summed E-state index contributed by atoms with van der Waals surface area (Å²) in [5.41, 5.74) is 2.46. The molecule has 0 aliphatic rings. The zero-order valence-corrected chi connectivity index (χ0v) is 14.3. The highest BCUT2D eigenvalue weighted by atomic mass is 127. The van der Waals surface area contributed by atoms with Gasteiger partial charge in [0.15, 0.2) is 0 Å². The van der Waals surface area contributed by atoms with Crippen molar-refractivity contribution in [2.24, 2.45) is 0 Å². The number of anilines is 1. The van der Waals surface area contributed by atoms with Crippen molar-refractivity contribution in [3.05, 3.63) is 51.0 Å². The van der Waals surface area contributed by atoms with Crippen LogP contribution in [-0.2, 0) is 12.8 Å². The van der Waals surface area contributed by atoms with Gasteiger partial charge in [-0.3, -0.25) is 0 Å². The minimum atomic E-state index is 0.410. The fourth-order valence-electron chi connectivity index (χ4n) is 2.07. The van der Waals surface area contributed by atoms with Gasteiger partial charge >= 0.3 is 0 Å². The van der Waals surface area contributed by atoms with Crippen LogP contribution in [0, 0.1) is 3.57 Å². The minimum absolute atomic E-state index is 0.410. The van der Waals surface area contributed by atoms with E-state index in [4.69, 9.17) is 4.98 Å². The Labute approximate surface area is 134 Å². The summed E-state index contributed by atoms with van der Waals surface area (Å²) in [5, 5.41) is 3.17. The third-order valence-electron chi connectivity index (χ3n) is 3.19. The van der Waals surface area contributed by atoms with Crippen LogP contribution in [0.4, 0.5) is 5.82 Å². The number of nitrogens with one attached hydrogen (secondary N) is 1. The molecule has 1 heterocycles. The van der Waals surface area contributed by atoms with E-state index in [9.17, 15) is 0 Å². The van der Waals surface area contributed by atoms with Crippen LogP contribution < -0.4 is 5.32 Å². The first-order valence-electron chi connectivity index (χ1n) is 6.89. The van der Waals surface area contributed by atoms with Crippen LogP contribution in [0.25, 0.3) is 0 Å². The summed E-state index contributed by atoms with van der Waals surface area (Å²) in [6.45, 7) is 4.34. The summed E-state index contributed by atoms with van der Waals surface area (Å²) in [7, 11) is 1.91. The summed E-state index contributed by atoms with van der Waals surface area (Å²) in [6.07, 6.45) is 1.84. The molecule has 0 radical (unpaired) electrons. The number of aromatic nitrogens is 2. The van der Waals surface area contributed by atoms with E-state index >= 15 is 0 Å². The highest BCUT2D eigenvalue weighted by Crippen LogP contribution is 2.25. The standard InChI is InChI=1S/C16H20IN3/c1-11(2)15-14(17)16(18-3)20-13(19-15)10-9-12-7-5-4-6-8-12/h4-8,11H,9-10H2,1-3H3,(H,18,19,20). The van der Waals surface area contributed by atoms with Gasteiger partial charge in [-0.05, 0) is 40.5 Å². The molecule has 2 rings (SSSR count). The Kier molecular flexibility index (Phi) is 5.34. The Hall–Kier alpha value is -1.17. The number of benzene rings is 1. The molecular weight excluding hydrogens is 361 g/mol. The van der Waals surface area contributed by atoms with Crippen molar-refractivity contribution >= 4 is 28.4 Å². The molecule has 0 saturated carbocycles. The van der Waals surface area contributed by atoms with Crippen molar-refractivity contribution in [3.8, 4) is 0 Å². The fourth-order valence-corrected chi connectivity index (χ4v) is 3.21. The molecule has 0 fully saturated rings. The van der Waals surface area contributed by atoms with Gasteiger partial charge in [-0.2, -0.15) is 0 Å².